The Hall–Kier alpha value is -1.62. The van der Waals surface area contributed by atoms with Crippen LogP contribution < -0.4 is 11.1 Å². The molecule has 0 aromatic carbocycles. The van der Waals surface area contributed by atoms with Crippen LogP contribution in [0.2, 0.25) is 0 Å². The predicted octanol–water partition coefficient (Wildman–Crippen LogP) is 3.58. The van der Waals surface area contributed by atoms with E-state index in [1.165, 1.54) is 43.4 Å². The van der Waals surface area contributed by atoms with Crippen LogP contribution >= 0.6 is 11.3 Å². The molecule has 0 bridgehead atoms. The normalized spacial score (nSPS) is 16.2. The minimum Gasteiger partial charge on any atom is -0.397 e. The summed E-state index contributed by atoms with van der Waals surface area (Å²) >= 11 is 1.42. The van der Waals surface area contributed by atoms with Crippen molar-refractivity contribution in [2.24, 2.45) is 5.92 Å². The van der Waals surface area contributed by atoms with Gasteiger partial charge in [-0.15, -0.1) is 11.3 Å². The van der Waals surface area contributed by atoms with Crippen LogP contribution in [0.1, 0.15) is 48.2 Å². The van der Waals surface area contributed by atoms with Crippen LogP contribution in [0, 0.1) is 5.92 Å². The summed E-state index contributed by atoms with van der Waals surface area (Å²) in [5.74, 6) is 0.729. The molecule has 1 amide bonds. The Balaban J connectivity index is 1.60. The van der Waals surface area contributed by atoms with Gasteiger partial charge in [0.15, 0.2) is 0 Å². The summed E-state index contributed by atoms with van der Waals surface area (Å²) in [7, 11) is 0. The number of nitrogen functional groups attached to an aromatic ring is 1. The second-order valence-corrected chi connectivity index (χ2v) is 6.82. The molecule has 0 radical (unpaired) electrons. The first-order chi connectivity index (χ1) is 10.3. The first kappa shape index (κ1) is 14.3. The van der Waals surface area contributed by atoms with Crippen molar-refractivity contribution in [2.45, 2.75) is 38.5 Å². The highest BCUT2D eigenvalue weighted by Crippen LogP contribution is 2.32. The van der Waals surface area contributed by atoms with Gasteiger partial charge in [-0.25, -0.2) is 0 Å². The summed E-state index contributed by atoms with van der Waals surface area (Å²) in [6.45, 7) is 0.745. The number of nitrogens with zero attached hydrogens (tertiary/aromatic N) is 1. The maximum absolute atomic E-state index is 12.3. The Morgan fingerprint density at radius 2 is 2.19 bits per heavy atom. The Labute approximate surface area is 128 Å². The van der Waals surface area contributed by atoms with Crippen molar-refractivity contribution in [2.75, 3.05) is 12.3 Å². The van der Waals surface area contributed by atoms with Crippen LogP contribution in [0.15, 0.2) is 18.5 Å². The Kier molecular flexibility index (Phi) is 4.39. The number of carbonyl (C=O) groups is 1. The fourth-order valence-electron chi connectivity index (χ4n) is 3.09. The summed E-state index contributed by atoms with van der Waals surface area (Å²) in [6, 6.07) is 1.86. The highest BCUT2D eigenvalue weighted by Gasteiger charge is 2.17. The highest BCUT2D eigenvalue weighted by molar-refractivity contribution is 7.21. The molecule has 0 unspecified atom stereocenters. The van der Waals surface area contributed by atoms with E-state index >= 15 is 0 Å². The average Bonchev–Trinajstić information content (AvgIpc) is 2.86. The summed E-state index contributed by atoms with van der Waals surface area (Å²) < 4.78 is 0.965. The molecule has 0 aliphatic heterocycles. The zero-order valence-electron chi connectivity index (χ0n) is 12.1. The van der Waals surface area contributed by atoms with E-state index < -0.39 is 0 Å². The molecular formula is C16H21N3OS. The molecule has 21 heavy (non-hydrogen) atoms. The van der Waals surface area contributed by atoms with Crippen molar-refractivity contribution in [3.8, 4) is 0 Å². The lowest BCUT2D eigenvalue weighted by molar-refractivity contribution is 0.0955. The molecule has 4 nitrogen and oxygen atoms in total. The Morgan fingerprint density at radius 1 is 1.38 bits per heavy atom. The van der Waals surface area contributed by atoms with Crippen molar-refractivity contribution in [3.63, 3.8) is 0 Å². The molecule has 1 saturated carbocycles. The maximum atomic E-state index is 12.3. The van der Waals surface area contributed by atoms with E-state index in [9.17, 15) is 4.79 Å². The van der Waals surface area contributed by atoms with Gasteiger partial charge >= 0.3 is 0 Å². The van der Waals surface area contributed by atoms with Gasteiger partial charge in [-0.1, -0.05) is 32.1 Å². The molecule has 1 fully saturated rings. The SMILES string of the molecule is Nc1c(C(=O)NCCC2CCCCC2)sc2cnccc12. The van der Waals surface area contributed by atoms with E-state index in [-0.39, 0.29) is 5.91 Å². The number of nitrogens with two attached hydrogens (primary N) is 1. The fourth-order valence-corrected chi connectivity index (χ4v) is 4.09. The number of nitrogens with one attached hydrogen (secondary N) is 1. The molecule has 0 atom stereocenters. The van der Waals surface area contributed by atoms with Crippen LogP contribution in [-0.4, -0.2) is 17.4 Å². The van der Waals surface area contributed by atoms with Gasteiger partial charge in [-0.2, -0.15) is 0 Å². The van der Waals surface area contributed by atoms with Gasteiger partial charge in [0.1, 0.15) is 4.88 Å². The Bertz CT molecular complexity index is 631. The van der Waals surface area contributed by atoms with Gasteiger partial charge in [0.05, 0.1) is 10.4 Å². The topological polar surface area (TPSA) is 68.0 Å². The Morgan fingerprint density at radius 3 is 2.95 bits per heavy atom. The number of fused-ring (bicyclic) bond motifs is 1. The molecule has 3 rings (SSSR count). The number of pyridine rings is 1. The third-order valence-corrected chi connectivity index (χ3v) is 5.46. The lowest BCUT2D eigenvalue weighted by Crippen LogP contribution is -2.26. The van der Waals surface area contributed by atoms with E-state index in [1.807, 2.05) is 6.07 Å². The van der Waals surface area contributed by atoms with Gasteiger partial charge in [0.2, 0.25) is 0 Å². The lowest BCUT2D eigenvalue weighted by atomic mass is 9.87. The number of amides is 1. The second-order valence-electron chi connectivity index (χ2n) is 5.77. The minimum atomic E-state index is -0.0514. The molecular weight excluding hydrogens is 282 g/mol. The molecule has 5 heteroatoms. The summed E-state index contributed by atoms with van der Waals surface area (Å²) in [4.78, 5) is 17.0. The number of thiophene rings is 1. The molecule has 3 N–H and O–H groups in total. The fraction of sp³-hybridized carbons (Fsp3) is 0.500. The first-order valence-electron chi connectivity index (χ1n) is 7.66. The number of aromatic nitrogens is 1. The number of anilines is 1. The van der Waals surface area contributed by atoms with E-state index in [0.29, 0.717) is 10.6 Å². The van der Waals surface area contributed by atoms with Gasteiger partial charge in [0, 0.05) is 24.3 Å². The monoisotopic (exact) mass is 303 g/mol. The van der Waals surface area contributed by atoms with Crippen LogP contribution in [0.5, 0.6) is 0 Å². The van der Waals surface area contributed by atoms with Crippen LogP contribution in [0.3, 0.4) is 0 Å². The number of hydrogen-bond donors (Lipinski definition) is 2. The van der Waals surface area contributed by atoms with Crippen molar-refractivity contribution in [3.05, 3.63) is 23.3 Å². The first-order valence-corrected chi connectivity index (χ1v) is 8.47. The third-order valence-electron chi connectivity index (χ3n) is 4.30. The number of carbonyl (C=O) groups excluding carboxylic acids is 1. The molecule has 2 aromatic heterocycles. The van der Waals surface area contributed by atoms with Gasteiger partial charge in [0.25, 0.3) is 5.91 Å². The van der Waals surface area contributed by atoms with Gasteiger partial charge in [-0.05, 0) is 18.4 Å². The zero-order chi connectivity index (χ0) is 14.7. The summed E-state index contributed by atoms with van der Waals surface area (Å²) in [6.07, 6.45) is 11.2. The zero-order valence-corrected chi connectivity index (χ0v) is 12.9. The van der Waals surface area contributed by atoms with Crippen molar-refractivity contribution in [1.29, 1.82) is 0 Å². The van der Waals surface area contributed by atoms with Gasteiger partial charge < -0.3 is 11.1 Å². The number of rotatable bonds is 4. The minimum absolute atomic E-state index is 0.0514. The van der Waals surface area contributed by atoms with Gasteiger partial charge in [-0.3, -0.25) is 9.78 Å². The molecule has 112 valence electrons. The van der Waals surface area contributed by atoms with Crippen LogP contribution in [0.25, 0.3) is 10.1 Å². The molecule has 1 aliphatic rings. The van der Waals surface area contributed by atoms with Crippen molar-refractivity contribution >= 4 is 33.0 Å². The highest BCUT2D eigenvalue weighted by atomic mass is 32.1. The van der Waals surface area contributed by atoms with E-state index in [0.717, 1.165) is 29.0 Å². The van der Waals surface area contributed by atoms with Crippen LogP contribution in [-0.2, 0) is 0 Å². The summed E-state index contributed by atoms with van der Waals surface area (Å²) in [5.41, 5.74) is 6.65. The standard InChI is InChI=1S/C16H21N3OS/c17-14-12-7-8-18-10-13(12)21-15(14)16(20)19-9-6-11-4-2-1-3-5-11/h7-8,10-11H,1-6,9,17H2,(H,19,20). The summed E-state index contributed by atoms with van der Waals surface area (Å²) in [5, 5.41) is 3.94. The average molecular weight is 303 g/mol. The largest absolute Gasteiger partial charge is 0.397 e. The maximum Gasteiger partial charge on any atom is 0.263 e. The molecule has 1 aliphatic carbocycles. The molecule has 2 heterocycles. The van der Waals surface area contributed by atoms with E-state index in [4.69, 9.17) is 5.73 Å². The molecule has 0 saturated heterocycles. The number of hydrogen-bond acceptors (Lipinski definition) is 4. The quantitative estimate of drug-likeness (QED) is 0.907. The molecule has 2 aromatic rings. The lowest BCUT2D eigenvalue weighted by Gasteiger charge is -2.21. The van der Waals surface area contributed by atoms with E-state index in [2.05, 4.69) is 10.3 Å². The van der Waals surface area contributed by atoms with Crippen molar-refractivity contribution in [1.82, 2.24) is 10.3 Å². The predicted molar refractivity (Wildman–Crippen MR) is 87.6 cm³/mol. The molecule has 0 spiro atoms. The van der Waals surface area contributed by atoms with Crippen LogP contribution in [0.4, 0.5) is 5.69 Å². The third kappa shape index (κ3) is 3.18. The second kappa shape index (κ2) is 6.43. The van der Waals surface area contributed by atoms with Crippen molar-refractivity contribution < 1.29 is 4.79 Å². The smallest absolute Gasteiger partial charge is 0.263 e. The van der Waals surface area contributed by atoms with E-state index in [1.54, 1.807) is 12.4 Å².